The number of fused-ring (bicyclic) bond motifs is 1. The summed E-state index contributed by atoms with van der Waals surface area (Å²) in [5.41, 5.74) is 0.746. The molecule has 0 saturated heterocycles. The Kier molecular flexibility index (Phi) is 12.7. The van der Waals surface area contributed by atoms with Crippen molar-refractivity contribution < 1.29 is 34.2 Å². The van der Waals surface area contributed by atoms with Crippen molar-refractivity contribution in [1.82, 2.24) is 25.8 Å². The largest absolute Gasteiger partial charge is 0.481 e. The van der Waals surface area contributed by atoms with E-state index < -0.39 is 59.3 Å². The first-order valence-electron chi connectivity index (χ1n) is 15.5. The number of nitrogens with zero attached hydrogens (tertiary/aromatic N) is 1. The highest BCUT2D eigenvalue weighted by Crippen LogP contribution is 2.34. The number of amides is 3. The highest BCUT2D eigenvalue weighted by Gasteiger charge is 2.42. The molecule has 0 saturated carbocycles. The van der Waals surface area contributed by atoms with Gasteiger partial charge in [0.25, 0.3) is 0 Å². The predicted octanol–water partition coefficient (Wildman–Crippen LogP) is 3.43. The van der Waals surface area contributed by atoms with Gasteiger partial charge >= 0.3 is 11.9 Å². The normalized spacial score (nSPS) is 15.2. The van der Waals surface area contributed by atoms with Crippen LogP contribution in [0.5, 0.6) is 0 Å². The minimum atomic E-state index is -1.38. The van der Waals surface area contributed by atoms with Crippen molar-refractivity contribution in [3.63, 3.8) is 0 Å². The van der Waals surface area contributed by atoms with Gasteiger partial charge < -0.3 is 36.0 Å². The first-order chi connectivity index (χ1) is 21.2. The van der Waals surface area contributed by atoms with Crippen molar-refractivity contribution in [3.05, 3.63) is 47.7 Å². The van der Waals surface area contributed by atoms with Crippen LogP contribution >= 0.6 is 0 Å². The molecular weight excluding hydrogens is 590 g/mol. The highest BCUT2D eigenvalue weighted by atomic mass is 16.4. The predicted molar refractivity (Wildman–Crippen MR) is 177 cm³/mol. The number of carboxylic acid groups (broad SMARTS) is 2. The lowest BCUT2D eigenvalue weighted by Crippen LogP contribution is -2.61. The summed E-state index contributed by atoms with van der Waals surface area (Å²) in [6, 6.07) is 4.30. The number of aliphatic carboxylic acids is 2. The van der Waals surface area contributed by atoms with E-state index in [1.807, 2.05) is 78.9 Å². The Hall–Kier alpha value is -4.19. The summed E-state index contributed by atoms with van der Waals surface area (Å²) >= 11 is 0. The molecule has 0 unspecified atom stereocenters. The number of benzene rings is 1. The Morgan fingerprint density at radius 1 is 0.978 bits per heavy atom. The maximum absolute atomic E-state index is 14.1. The van der Waals surface area contributed by atoms with E-state index in [1.54, 1.807) is 20.2 Å². The molecule has 0 bridgehead atoms. The van der Waals surface area contributed by atoms with E-state index in [0.29, 0.717) is 0 Å². The maximum Gasteiger partial charge on any atom is 0.326 e. The Balaban J connectivity index is 2.34. The van der Waals surface area contributed by atoms with Crippen molar-refractivity contribution in [2.75, 3.05) is 14.1 Å². The fourth-order valence-corrected chi connectivity index (χ4v) is 5.69. The average molecular weight is 642 g/mol. The summed E-state index contributed by atoms with van der Waals surface area (Å²) < 4.78 is 0. The van der Waals surface area contributed by atoms with Crippen LogP contribution in [0.3, 0.4) is 0 Å². The van der Waals surface area contributed by atoms with Crippen LogP contribution in [0.1, 0.15) is 73.8 Å². The fourth-order valence-electron chi connectivity index (χ4n) is 5.69. The third kappa shape index (κ3) is 9.18. The van der Waals surface area contributed by atoms with Crippen molar-refractivity contribution >= 4 is 40.6 Å². The quantitative estimate of drug-likeness (QED) is 0.160. The molecule has 6 N–H and O–H groups in total. The van der Waals surface area contributed by atoms with E-state index in [4.69, 9.17) is 5.11 Å². The van der Waals surface area contributed by atoms with Gasteiger partial charge in [-0.15, -0.1) is 0 Å². The van der Waals surface area contributed by atoms with Crippen LogP contribution < -0.4 is 16.0 Å². The molecule has 1 aromatic carbocycles. The van der Waals surface area contributed by atoms with Crippen LogP contribution in [0.4, 0.5) is 0 Å². The lowest BCUT2D eigenvalue weighted by atomic mass is 9.76. The lowest BCUT2D eigenvalue weighted by molar-refractivity contribution is -0.142. The Morgan fingerprint density at radius 3 is 2.11 bits per heavy atom. The number of likely N-dealkylation sites (N-methyl/N-ethyl adjacent to an activating group) is 2. The number of aromatic amines is 1. The molecule has 0 fully saturated rings. The number of hydrogen-bond acceptors (Lipinski definition) is 6. The van der Waals surface area contributed by atoms with Crippen LogP contribution in [-0.4, -0.2) is 88.0 Å². The van der Waals surface area contributed by atoms with Crippen molar-refractivity contribution in [3.8, 4) is 0 Å². The molecule has 0 aliphatic carbocycles. The Labute approximate surface area is 271 Å². The summed E-state index contributed by atoms with van der Waals surface area (Å²) in [7, 11) is 3.32. The molecule has 0 aliphatic heterocycles. The number of H-pyrrole nitrogens is 1. The molecule has 0 spiro atoms. The summed E-state index contributed by atoms with van der Waals surface area (Å²) in [4.78, 5) is 68.3. The zero-order valence-corrected chi connectivity index (χ0v) is 28.6. The molecule has 46 heavy (non-hydrogen) atoms. The van der Waals surface area contributed by atoms with E-state index in [2.05, 4.69) is 20.9 Å². The smallest absolute Gasteiger partial charge is 0.326 e. The number of aromatic nitrogens is 1. The van der Waals surface area contributed by atoms with Gasteiger partial charge in [-0.05, 0) is 43.4 Å². The van der Waals surface area contributed by atoms with Crippen molar-refractivity contribution in [2.24, 2.45) is 11.3 Å². The molecule has 12 nitrogen and oxygen atoms in total. The number of carbonyl (C=O) groups is 5. The minimum Gasteiger partial charge on any atom is -0.481 e. The molecule has 4 atom stereocenters. The van der Waals surface area contributed by atoms with Crippen molar-refractivity contribution in [1.29, 1.82) is 0 Å². The fraction of sp³-hybridized carbons (Fsp3) is 0.559. The molecule has 1 aromatic heterocycles. The highest BCUT2D eigenvalue weighted by molar-refractivity contribution is 5.96. The van der Waals surface area contributed by atoms with Gasteiger partial charge in [-0.2, -0.15) is 0 Å². The van der Waals surface area contributed by atoms with Crippen LogP contribution in [0.2, 0.25) is 0 Å². The minimum absolute atomic E-state index is 0.152. The Bertz CT molecular complexity index is 1450. The van der Waals surface area contributed by atoms with E-state index in [0.717, 1.165) is 16.5 Å². The van der Waals surface area contributed by atoms with E-state index in [9.17, 15) is 29.1 Å². The molecule has 254 valence electrons. The molecule has 2 aromatic rings. The summed E-state index contributed by atoms with van der Waals surface area (Å²) in [6.07, 6.45) is 2.81. The van der Waals surface area contributed by atoms with Gasteiger partial charge in [-0.25, -0.2) is 4.79 Å². The lowest BCUT2D eigenvalue weighted by Gasteiger charge is -2.39. The second kappa shape index (κ2) is 15.4. The number of carbonyl (C=O) groups excluding carboxylic acids is 3. The monoisotopic (exact) mass is 641 g/mol. The molecule has 2 rings (SSSR count). The topological polar surface area (TPSA) is 181 Å². The van der Waals surface area contributed by atoms with Gasteiger partial charge in [0.05, 0.1) is 12.1 Å². The number of carboxylic acids is 2. The number of hydrogen-bond donors (Lipinski definition) is 6. The molecule has 0 radical (unpaired) electrons. The first-order valence-corrected chi connectivity index (χ1v) is 15.5. The second-order valence-electron chi connectivity index (χ2n) is 13.8. The average Bonchev–Trinajstić information content (AvgIpc) is 3.40. The van der Waals surface area contributed by atoms with Crippen LogP contribution in [0.15, 0.2) is 42.1 Å². The van der Waals surface area contributed by atoms with Gasteiger partial charge in [0.2, 0.25) is 17.7 Å². The zero-order valence-electron chi connectivity index (χ0n) is 28.6. The zero-order chi connectivity index (χ0) is 35.1. The van der Waals surface area contributed by atoms with Gasteiger partial charge in [-0.1, -0.05) is 72.7 Å². The van der Waals surface area contributed by atoms with E-state index in [1.165, 1.54) is 11.8 Å². The van der Waals surface area contributed by atoms with Crippen LogP contribution in [0, 0.1) is 11.3 Å². The number of para-hydroxylation sites is 1. The van der Waals surface area contributed by atoms with Crippen LogP contribution in [0.25, 0.3) is 10.9 Å². The summed E-state index contributed by atoms with van der Waals surface area (Å²) in [5.74, 6) is -4.04. The summed E-state index contributed by atoms with van der Waals surface area (Å²) in [5, 5.41) is 27.9. The van der Waals surface area contributed by atoms with Gasteiger partial charge in [0, 0.05) is 41.6 Å². The number of nitrogens with one attached hydrogen (secondary N) is 4. The standard InChI is InChI=1S/C34H51N5O7/c1-19(2)25(17-20(3)29(42)37-24(32(45)46)15-16-26(40)41)39(10)31(44)28(33(4,5)6)38-30(43)27(35-9)34(7,8)22-18-36-23-14-12-11-13-21(22)23/h11-14,17-19,24-25,27-28,35-36H,15-16H2,1-10H3,(H,37,42)(H,38,43)(H,40,41)(H,45,46)/b20-17+/t24-,25+,27+,28+/m0/s1. The maximum atomic E-state index is 14.1. The third-order valence-electron chi connectivity index (χ3n) is 8.46. The molecule has 0 aliphatic rings. The SMILES string of the molecule is CN[C@H](C(=O)N[C@H](C(=O)N(C)[C@H](/C=C(\C)C(=O)N[C@@H](CCC(=O)O)C(=O)O)C(C)C)C(C)(C)C)C(C)(C)c1c[nH]c2ccccc12. The van der Waals surface area contributed by atoms with Crippen LogP contribution in [-0.2, 0) is 29.4 Å². The first kappa shape index (κ1) is 38.0. The number of rotatable bonds is 15. The van der Waals surface area contributed by atoms with E-state index in [-0.39, 0.29) is 29.7 Å². The van der Waals surface area contributed by atoms with Gasteiger partial charge in [-0.3, -0.25) is 19.2 Å². The molecule has 3 amide bonds. The molecule has 1 heterocycles. The second-order valence-corrected chi connectivity index (χ2v) is 13.8. The molecule has 12 heteroatoms. The van der Waals surface area contributed by atoms with Crippen molar-refractivity contribution in [2.45, 2.75) is 97.8 Å². The summed E-state index contributed by atoms with van der Waals surface area (Å²) in [6.45, 7) is 14.8. The Morgan fingerprint density at radius 2 is 1.59 bits per heavy atom. The van der Waals surface area contributed by atoms with Gasteiger partial charge in [0.15, 0.2) is 0 Å². The van der Waals surface area contributed by atoms with E-state index >= 15 is 0 Å². The third-order valence-corrected chi connectivity index (χ3v) is 8.46. The van der Waals surface area contributed by atoms with Gasteiger partial charge in [0.1, 0.15) is 12.1 Å². The molecular formula is C34H51N5O7.